The number of hydrogen-bond acceptors (Lipinski definition) is 2. The van der Waals surface area contributed by atoms with Crippen LogP contribution in [0.5, 0.6) is 0 Å². The highest BCUT2D eigenvalue weighted by atomic mass is 15.3. The molecule has 4 aliphatic carbocycles. The van der Waals surface area contributed by atoms with Crippen LogP contribution >= 0.6 is 0 Å². The minimum atomic E-state index is 0.936. The highest BCUT2D eigenvalue weighted by Gasteiger charge is 2.50. The largest absolute Gasteiger partial charge is 0.369 e. The maximum atomic E-state index is 2.88. The van der Waals surface area contributed by atoms with Crippen LogP contribution in [0.3, 0.4) is 0 Å². The van der Waals surface area contributed by atoms with E-state index in [1.54, 1.807) is 32.1 Å². The second-order valence-corrected chi connectivity index (χ2v) is 8.28. The first kappa shape index (κ1) is 13.4. The summed E-state index contributed by atoms with van der Waals surface area (Å²) >= 11 is 0. The van der Waals surface area contributed by atoms with Crippen LogP contribution in [0.4, 0.5) is 5.69 Å². The molecule has 0 spiro atoms. The van der Waals surface area contributed by atoms with Crippen molar-refractivity contribution in [3.05, 3.63) is 30.3 Å². The van der Waals surface area contributed by atoms with E-state index < -0.39 is 0 Å². The molecule has 118 valence electrons. The number of benzene rings is 1. The summed E-state index contributed by atoms with van der Waals surface area (Å²) in [5.74, 6) is 4.28. The number of hydrogen-bond donors (Lipinski definition) is 0. The van der Waals surface area contributed by atoms with Gasteiger partial charge in [-0.1, -0.05) is 18.2 Å². The SMILES string of the molecule is c1ccc(N2CCN(C3C4CC5CC(C4)CC3C5)CC2)cc1. The van der Waals surface area contributed by atoms with Crippen molar-refractivity contribution in [2.75, 3.05) is 31.1 Å². The van der Waals surface area contributed by atoms with Gasteiger partial charge in [-0.15, -0.1) is 0 Å². The molecule has 22 heavy (non-hydrogen) atoms. The molecule has 1 aromatic rings. The minimum Gasteiger partial charge on any atom is -0.369 e. The lowest BCUT2D eigenvalue weighted by Gasteiger charge is -2.58. The molecule has 0 unspecified atom stereocenters. The van der Waals surface area contributed by atoms with Crippen LogP contribution in [-0.2, 0) is 0 Å². The third-order valence-corrected chi connectivity index (χ3v) is 7.03. The van der Waals surface area contributed by atoms with Crippen molar-refractivity contribution >= 4 is 5.69 Å². The van der Waals surface area contributed by atoms with E-state index in [4.69, 9.17) is 0 Å². The lowest BCUT2D eigenvalue weighted by Crippen LogP contribution is -2.60. The Morgan fingerprint density at radius 1 is 0.682 bits per heavy atom. The van der Waals surface area contributed by atoms with E-state index in [1.807, 2.05) is 0 Å². The monoisotopic (exact) mass is 296 g/mol. The van der Waals surface area contributed by atoms with Crippen LogP contribution in [0.2, 0.25) is 0 Å². The molecule has 5 aliphatic rings. The standard InChI is InChI=1S/C20H28N2/c1-2-4-19(5-3-1)21-6-8-22(9-7-21)20-17-11-15-10-16(13-17)14-18(20)12-15/h1-5,15-18,20H,6-14H2. The van der Waals surface area contributed by atoms with E-state index in [0.717, 1.165) is 29.7 Å². The van der Waals surface area contributed by atoms with Crippen molar-refractivity contribution in [1.29, 1.82) is 0 Å². The lowest BCUT2D eigenvalue weighted by molar-refractivity contribution is -0.0665. The van der Waals surface area contributed by atoms with Crippen LogP contribution in [-0.4, -0.2) is 37.1 Å². The predicted molar refractivity (Wildman–Crippen MR) is 91.1 cm³/mol. The maximum Gasteiger partial charge on any atom is 0.0367 e. The summed E-state index contributed by atoms with van der Waals surface area (Å²) in [5.41, 5.74) is 1.41. The van der Waals surface area contributed by atoms with Gasteiger partial charge in [0.25, 0.3) is 0 Å². The fourth-order valence-corrected chi connectivity index (χ4v) is 6.41. The van der Waals surface area contributed by atoms with Crippen LogP contribution in [0.1, 0.15) is 32.1 Å². The summed E-state index contributed by atoms with van der Waals surface area (Å²) in [6, 6.07) is 11.9. The van der Waals surface area contributed by atoms with Gasteiger partial charge in [0, 0.05) is 37.9 Å². The second kappa shape index (κ2) is 5.26. The summed E-state index contributed by atoms with van der Waals surface area (Å²) in [7, 11) is 0. The second-order valence-electron chi connectivity index (χ2n) is 8.28. The zero-order chi connectivity index (χ0) is 14.5. The van der Waals surface area contributed by atoms with Crippen LogP contribution in [0.15, 0.2) is 30.3 Å². The van der Waals surface area contributed by atoms with Gasteiger partial charge < -0.3 is 4.90 Å². The number of anilines is 1. The topological polar surface area (TPSA) is 6.48 Å². The highest BCUT2D eigenvalue weighted by Crippen LogP contribution is 2.55. The zero-order valence-corrected chi connectivity index (χ0v) is 13.5. The van der Waals surface area contributed by atoms with E-state index in [-0.39, 0.29) is 0 Å². The van der Waals surface area contributed by atoms with Crippen LogP contribution in [0.25, 0.3) is 0 Å². The third-order valence-electron chi connectivity index (χ3n) is 7.03. The summed E-state index contributed by atoms with van der Waals surface area (Å²) < 4.78 is 0. The average molecular weight is 296 g/mol. The fraction of sp³-hybridized carbons (Fsp3) is 0.700. The Labute approximate surface area is 134 Å². The Morgan fingerprint density at radius 2 is 1.27 bits per heavy atom. The average Bonchev–Trinajstić information content (AvgIpc) is 2.55. The van der Waals surface area contributed by atoms with Gasteiger partial charge in [0.05, 0.1) is 0 Å². The molecule has 4 saturated carbocycles. The number of piperazine rings is 1. The quantitative estimate of drug-likeness (QED) is 0.822. The van der Waals surface area contributed by atoms with Crippen molar-refractivity contribution < 1.29 is 0 Å². The van der Waals surface area contributed by atoms with Gasteiger partial charge in [0.2, 0.25) is 0 Å². The summed E-state index contributed by atoms with van der Waals surface area (Å²) in [6.45, 7) is 4.99. The number of para-hydroxylation sites is 1. The van der Waals surface area contributed by atoms with E-state index in [2.05, 4.69) is 40.1 Å². The van der Waals surface area contributed by atoms with Gasteiger partial charge in [-0.3, -0.25) is 4.90 Å². The zero-order valence-electron chi connectivity index (χ0n) is 13.5. The van der Waals surface area contributed by atoms with E-state index in [1.165, 1.54) is 31.9 Å². The molecule has 0 amide bonds. The van der Waals surface area contributed by atoms with Gasteiger partial charge in [-0.05, 0) is 67.9 Å². The Balaban J connectivity index is 1.27. The number of rotatable bonds is 2. The maximum absolute atomic E-state index is 2.88. The molecule has 5 fully saturated rings. The van der Waals surface area contributed by atoms with Gasteiger partial charge in [-0.25, -0.2) is 0 Å². The molecule has 6 rings (SSSR count). The molecule has 1 aliphatic heterocycles. The molecule has 2 heteroatoms. The van der Waals surface area contributed by atoms with Crippen LogP contribution < -0.4 is 4.90 Å². The summed E-state index contributed by atoms with van der Waals surface area (Å²) in [5, 5.41) is 0. The van der Waals surface area contributed by atoms with Crippen molar-refractivity contribution in [2.45, 2.75) is 38.1 Å². The Bertz CT molecular complexity index is 490. The molecule has 0 aromatic heterocycles. The van der Waals surface area contributed by atoms with Crippen molar-refractivity contribution in [3.63, 3.8) is 0 Å². The molecule has 0 radical (unpaired) electrons. The van der Waals surface area contributed by atoms with Crippen molar-refractivity contribution in [1.82, 2.24) is 4.90 Å². The lowest BCUT2D eigenvalue weighted by atomic mass is 9.54. The molecule has 0 atom stereocenters. The Hall–Kier alpha value is -1.02. The number of nitrogens with zero attached hydrogens (tertiary/aromatic N) is 2. The predicted octanol–water partition coefficient (Wildman–Crippen LogP) is 3.63. The first-order valence-electron chi connectivity index (χ1n) is 9.41. The normalized spacial score (nSPS) is 41.1. The van der Waals surface area contributed by atoms with Gasteiger partial charge in [0.15, 0.2) is 0 Å². The smallest absolute Gasteiger partial charge is 0.0367 e. The van der Waals surface area contributed by atoms with Gasteiger partial charge in [0.1, 0.15) is 0 Å². The molecule has 4 bridgehead atoms. The summed E-state index contributed by atoms with van der Waals surface area (Å²) in [4.78, 5) is 5.46. The third kappa shape index (κ3) is 2.19. The van der Waals surface area contributed by atoms with Gasteiger partial charge >= 0.3 is 0 Å². The van der Waals surface area contributed by atoms with Crippen molar-refractivity contribution in [3.8, 4) is 0 Å². The first-order chi connectivity index (χ1) is 10.9. The Morgan fingerprint density at radius 3 is 1.86 bits per heavy atom. The first-order valence-corrected chi connectivity index (χ1v) is 9.41. The van der Waals surface area contributed by atoms with Crippen LogP contribution in [0, 0.1) is 23.7 Å². The molecule has 1 aromatic carbocycles. The van der Waals surface area contributed by atoms with E-state index >= 15 is 0 Å². The molecule has 1 heterocycles. The van der Waals surface area contributed by atoms with E-state index in [0.29, 0.717) is 0 Å². The molecule has 2 nitrogen and oxygen atoms in total. The minimum absolute atomic E-state index is 0.936. The summed E-state index contributed by atoms with van der Waals surface area (Å²) in [6.07, 6.45) is 7.78. The molecular formula is C20H28N2. The van der Waals surface area contributed by atoms with E-state index in [9.17, 15) is 0 Å². The molecular weight excluding hydrogens is 268 g/mol. The van der Waals surface area contributed by atoms with Gasteiger partial charge in [-0.2, -0.15) is 0 Å². The highest BCUT2D eigenvalue weighted by molar-refractivity contribution is 5.46. The molecule has 0 N–H and O–H groups in total. The fourth-order valence-electron chi connectivity index (χ4n) is 6.41. The van der Waals surface area contributed by atoms with Crippen molar-refractivity contribution in [2.24, 2.45) is 23.7 Å². The molecule has 1 saturated heterocycles. The Kier molecular flexibility index (Phi) is 3.21.